The quantitative estimate of drug-likeness (QED) is 0.525. The second-order valence-corrected chi connectivity index (χ2v) is 14.6. The van der Waals surface area contributed by atoms with Crippen LogP contribution in [0.2, 0.25) is 18.1 Å². The highest BCUT2D eigenvalue weighted by molar-refractivity contribution is 6.74. The van der Waals surface area contributed by atoms with Gasteiger partial charge < -0.3 is 19.6 Å². The number of benzene rings is 1. The van der Waals surface area contributed by atoms with Crippen LogP contribution < -0.4 is 5.32 Å². The first-order valence-corrected chi connectivity index (χ1v) is 12.7. The summed E-state index contributed by atoms with van der Waals surface area (Å²) in [6.07, 6.45) is -6.71. The molecular weight excluding hydrogens is 431 g/mol. The number of carboxylic acid groups (broad SMARTS) is 1. The zero-order chi connectivity index (χ0) is 24.4. The molecule has 2 unspecified atom stereocenters. The maximum Gasteiger partial charge on any atom is 0.416 e. The first-order chi connectivity index (χ1) is 13.7. The predicted octanol–water partition coefficient (Wildman–Crippen LogP) is 5.75. The summed E-state index contributed by atoms with van der Waals surface area (Å²) in [5.74, 6) is -1.39. The number of halogens is 3. The molecule has 0 aliphatic heterocycles. The maximum absolute atomic E-state index is 13.0. The largest absolute Gasteiger partial charge is 0.480 e. The van der Waals surface area contributed by atoms with Crippen molar-refractivity contribution >= 4 is 20.4 Å². The van der Waals surface area contributed by atoms with Crippen LogP contribution in [0, 0.1) is 0 Å². The number of carbonyl (C=O) groups excluding carboxylic acids is 1. The molecule has 0 bridgehead atoms. The third-order valence-electron chi connectivity index (χ3n) is 5.04. The Morgan fingerprint density at radius 2 is 1.48 bits per heavy atom. The highest BCUT2D eigenvalue weighted by atomic mass is 28.4. The fraction of sp³-hybridized carbons (Fsp3) is 0.619. The van der Waals surface area contributed by atoms with E-state index >= 15 is 0 Å². The van der Waals surface area contributed by atoms with Crippen LogP contribution in [-0.2, 0) is 20.1 Å². The minimum atomic E-state index is -4.53. The molecule has 10 heteroatoms. The number of amides is 1. The first-order valence-electron chi connectivity index (χ1n) is 9.82. The van der Waals surface area contributed by atoms with E-state index in [1.165, 1.54) is 12.1 Å². The van der Waals surface area contributed by atoms with E-state index in [2.05, 4.69) is 5.32 Å². The third-order valence-corrected chi connectivity index (χ3v) is 9.49. The molecule has 0 fully saturated rings. The van der Waals surface area contributed by atoms with Gasteiger partial charge in [0, 0.05) is 0 Å². The zero-order valence-corrected chi connectivity index (χ0v) is 20.2. The van der Waals surface area contributed by atoms with Gasteiger partial charge in [0.25, 0.3) is 0 Å². The molecule has 176 valence electrons. The Labute approximate surface area is 182 Å². The van der Waals surface area contributed by atoms with E-state index < -0.39 is 49.9 Å². The molecule has 0 saturated carbocycles. The lowest BCUT2D eigenvalue weighted by Crippen LogP contribution is -2.51. The fourth-order valence-corrected chi connectivity index (χ4v) is 3.65. The number of hydrogen-bond acceptors (Lipinski definition) is 4. The lowest BCUT2D eigenvalue weighted by atomic mass is 10.0. The van der Waals surface area contributed by atoms with E-state index in [0.717, 1.165) is 12.1 Å². The number of carbonyl (C=O) groups is 2. The lowest BCUT2D eigenvalue weighted by Gasteiger charge is -2.41. The van der Waals surface area contributed by atoms with E-state index in [1.54, 1.807) is 20.8 Å². The Hall–Kier alpha value is -2.07. The van der Waals surface area contributed by atoms with E-state index in [-0.39, 0.29) is 10.6 Å². The molecule has 0 aromatic heterocycles. The van der Waals surface area contributed by atoms with E-state index in [0.29, 0.717) is 0 Å². The van der Waals surface area contributed by atoms with Gasteiger partial charge in [0.05, 0.1) is 5.56 Å². The molecule has 2 atom stereocenters. The molecule has 0 heterocycles. The third kappa shape index (κ3) is 7.84. The first kappa shape index (κ1) is 27.0. The van der Waals surface area contributed by atoms with Crippen LogP contribution in [0.25, 0.3) is 0 Å². The van der Waals surface area contributed by atoms with Crippen molar-refractivity contribution in [3.63, 3.8) is 0 Å². The van der Waals surface area contributed by atoms with Gasteiger partial charge in [-0.1, -0.05) is 32.9 Å². The number of rotatable bonds is 6. The number of alkyl carbamates (subject to hydrolysis) is 1. The fourth-order valence-electron chi connectivity index (χ4n) is 2.39. The van der Waals surface area contributed by atoms with Crippen molar-refractivity contribution in [1.82, 2.24) is 5.32 Å². The SMILES string of the molecule is CC(C)(C)OC(=O)NC(C(=O)O)C(O[Si](C)(C)C(C)(C)C)c1ccc(C(F)(F)F)cc1. The van der Waals surface area contributed by atoms with Crippen LogP contribution in [0.4, 0.5) is 18.0 Å². The predicted molar refractivity (Wildman–Crippen MR) is 113 cm³/mol. The van der Waals surface area contributed by atoms with Gasteiger partial charge in [-0.3, -0.25) is 0 Å². The monoisotopic (exact) mass is 463 g/mol. The van der Waals surface area contributed by atoms with Gasteiger partial charge in [-0.05, 0) is 56.6 Å². The summed E-state index contributed by atoms with van der Waals surface area (Å²) < 4.78 is 50.4. The Bertz CT molecular complexity index is 780. The van der Waals surface area contributed by atoms with Crippen LogP contribution in [0.1, 0.15) is 58.8 Å². The number of aliphatic carboxylic acids is 1. The van der Waals surface area contributed by atoms with Gasteiger partial charge >= 0.3 is 18.2 Å². The average Bonchev–Trinajstić information content (AvgIpc) is 2.54. The summed E-state index contributed by atoms with van der Waals surface area (Å²) in [6.45, 7) is 14.5. The van der Waals surface area contributed by atoms with Gasteiger partial charge in [0.1, 0.15) is 11.7 Å². The molecule has 0 aliphatic carbocycles. The lowest BCUT2D eigenvalue weighted by molar-refractivity contribution is -0.142. The van der Waals surface area contributed by atoms with Gasteiger partial charge in [0.2, 0.25) is 0 Å². The van der Waals surface area contributed by atoms with E-state index in [4.69, 9.17) is 9.16 Å². The van der Waals surface area contributed by atoms with Crippen molar-refractivity contribution in [3.05, 3.63) is 35.4 Å². The molecule has 2 N–H and O–H groups in total. The van der Waals surface area contributed by atoms with Gasteiger partial charge in [-0.2, -0.15) is 13.2 Å². The van der Waals surface area contributed by atoms with Gasteiger partial charge in [-0.15, -0.1) is 0 Å². The van der Waals surface area contributed by atoms with Gasteiger partial charge in [0.15, 0.2) is 14.4 Å². The summed E-state index contributed by atoms with van der Waals surface area (Å²) in [7, 11) is -2.59. The topological polar surface area (TPSA) is 84.9 Å². The Morgan fingerprint density at radius 1 is 1.00 bits per heavy atom. The highest BCUT2D eigenvalue weighted by Gasteiger charge is 2.44. The van der Waals surface area contributed by atoms with Crippen molar-refractivity contribution in [1.29, 1.82) is 0 Å². The molecule has 0 radical (unpaired) electrons. The molecule has 31 heavy (non-hydrogen) atoms. The van der Waals surface area contributed by atoms with Crippen molar-refractivity contribution in [2.24, 2.45) is 0 Å². The molecule has 0 spiro atoms. The minimum absolute atomic E-state index is 0.210. The maximum atomic E-state index is 13.0. The molecule has 1 rings (SSSR count). The summed E-state index contributed by atoms with van der Waals surface area (Å²) in [4.78, 5) is 24.3. The molecule has 0 aliphatic rings. The standard InChI is InChI=1S/C21H32F3NO5Si/c1-19(2,3)29-18(28)25-15(17(26)27)16(30-31(7,8)20(4,5)6)13-9-11-14(12-10-13)21(22,23)24/h9-12,15-16H,1-8H3,(H,25,28)(H,26,27). The van der Waals surface area contributed by atoms with Crippen LogP contribution >= 0.6 is 0 Å². The number of ether oxygens (including phenoxy) is 1. The average molecular weight is 464 g/mol. The number of alkyl halides is 3. The number of hydrogen-bond donors (Lipinski definition) is 2. The molecule has 1 amide bonds. The summed E-state index contributed by atoms with van der Waals surface area (Å²) in [6, 6.07) is 2.51. The van der Waals surface area contributed by atoms with Crippen molar-refractivity contribution in [2.75, 3.05) is 0 Å². The Balaban J connectivity index is 3.41. The van der Waals surface area contributed by atoms with E-state index in [9.17, 15) is 27.9 Å². The van der Waals surface area contributed by atoms with Crippen molar-refractivity contribution in [2.45, 2.75) is 83.6 Å². The van der Waals surface area contributed by atoms with Crippen molar-refractivity contribution in [3.8, 4) is 0 Å². The second-order valence-electron chi connectivity index (χ2n) is 9.88. The summed E-state index contributed by atoms with van der Waals surface area (Å²) in [5.41, 5.74) is -1.52. The van der Waals surface area contributed by atoms with Gasteiger partial charge in [-0.25, -0.2) is 9.59 Å². The molecule has 6 nitrogen and oxygen atoms in total. The molecule has 1 aromatic rings. The van der Waals surface area contributed by atoms with Crippen LogP contribution in [-0.4, -0.2) is 37.1 Å². The molecule has 0 saturated heterocycles. The molecule has 1 aromatic carbocycles. The normalized spacial score (nSPS) is 15.2. The second kappa shape index (κ2) is 9.19. The Morgan fingerprint density at radius 3 is 1.84 bits per heavy atom. The van der Waals surface area contributed by atoms with E-state index in [1.807, 2.05) is 33.9 Å². The highest BCUT2D eigenvalue weighted by Crippen LogP contribution is 2.41. The van der Waals surface area contributed by atoms with Crippen LogP contribution in [0.3, 0.4) is 0 Å². The van der Waals surface area contributed by atoms with Crippen molar-refractivity contribution < 1.29 is 37.0 Å². The number of carboxylic acids is 1. The summed E-state index contributed by atoms with van der Waals surface area (Å²) >= 11 is 0. The molecular formula is C21H32F3NO5Si. The minimum Gasteiger partial charge on any atom is -0.480 e. The van der Waals surface area contributed by atoms with Crippen LogP contribution in [0.15, 0.2) is 24.3 Å². The Kier molecular flexibility index (Phi) is 8.00. The summed E-state index contributed by atoms with van der Waals surface area (Å²) in [5, 5.41) is 11.8. The van der Waals surface area contributed by atoms with Crippen LogP contribution in [0.5, 0.6) is 0 Å². The smallest absolute Gasteiger partial charge is 0.416 e. The zero-order valence-electron chi connectivity index (χ0n) is 19.2. The number of nitrogens with one attached hydrogen (secondary N) is 1.